The summed E-state index contributed by atoms with van der Waals surface area (Å²) < 4.78 is 1.86. The van der Waals surface area contributed by atoms with Crippen molar-refractivity contribution in [2.75, 3.05) is 32.1 Å². The summed E-state index contributed by atoms with van der Waals surface area (Å²) in [7, 11) is 4.05. The summed E-state index contributed by atoms with van der Waals surface area (Å²) in [5.74, 6) is -0.0553. The summed E-state index contributed by atoms with van der Waals surface area (Å²) in [4.78, 5) is 21.7. The normalized spacial score (nSPS) is 10.9. The summed E-state index contributed by atoms with van der Waals surface area (Å²) in [6, 6.07) is 13.1. The molecule has 0 aliphatic rings. The van der Waals surface area contributed by atoms with Gasteiger partial charge in [0.1, 0.15) is 5.52 Å². The second-order valence-corrected chi connectivity index (χ2v) is 8.54. The van der Waals surface area contributed by atoms with Crippen LogP contribution >= 0.6 is 51.3 Å². The van der Waals surface area contributed by atoms with Gasteiger partial charge in [0, 0.05) is 16.6 Å². The third-order valence-corrected chi connectivity index (χ3v) is 5.73. The number of benzene rings is 2. The lowest BCUT2D eigenvalue weighted by atomic mass is 10.2. The van der Waals surface area contributed by atoms with Crippen LogP contribution in [0.1, 0.15) is 16.8 Å². The molecule has 3 aromatic rings. The number of carbonyl (C=O) groups excluding carboxylic acids is 1. The van der Waals surface area contributed by atoms with Crippen LogP contribution in [0, 0.1) is 0 Å². The molecule has 0 radical (unpaired) electrons. The van der Waals surface area contributed by atoms with Gasteiger partial charge in [0.2, 0.25) is 0 Å². The first-order valence-electron chi connectivity index (χ1n) is 8.23. The molecule has 4 nitrogen and oxygen atoms in total. The molecule has 0 aliphatic heterocycles. The van der Waals surface area contributed by atoms with Crippen molar-refractivity contribution in [2.45, 2.75) is 6.42 Å². The smallest absolute Gasteiger partial charge is 0.260 e. The average molecular weight is 489 g/mol. The van der Waals surface area contributed by atoms with E-state index in [1.54, 1.807) is 4.90 Å². The second-order valence-electron chi connectivity index (χ2n) is 6.21. The Hall–Kier alpha value is -1.18. The van der Waals surface area contributed by atoms with Gasteiger partial charge in [-0.3, -0.25) is 9.69 Å². The summed E-state index contributed by atoms with van der Waals surface area (Å²) in [5, 5.41) is 1.28. The first-order valence-corrected chi connectivity index (χ1v) is 10.2. The zero-order chi connectivity index (χ0) is 18.7. The lowest BCUT2D eigenvalue weighted by Gasteiger charge is -2.21. The number of halogens is 3. The van der Waals surface area contributed by atoms with Crippen molar-refractivity contribution < 1.29 is 4.79 Å². The van der Waals surface area contributed by atoms with Gasteiger partial charge in [0.05, 0.1) is 9.72 Å². The predicted octanol–water partition coefficient (Wildman–Crippen LogP) is 5.73. The van der Waals surface area contributed by atoms with Crippen LogP contribution in [0.2, 0.25) is 5.02 Å². The molecule has 3 rings (SSSR count). The van der Waals surface area contributed by atoms with Crippen LogP contribution in [0.25, 0.3) is 10.2 Å². The Bertz CT molecular complexity index is 932. The molecule has 144 valence electrons. The topological polar surface area (TPSA) is 36.4 Å². The van der Waals surface area contributed by atoms with Gasteiger partial charge in [-0.25, -0.2) is 4.98 Å². The molecule has 8 heteroatoms. The highest BCUT2D eigenvalue weighted by molar-refractivity contribution is 9.10. The fraction of sp³-hybridized carbons (Fsp3) is 0.263. The molecule has 1 heterocycles. The monoisotopic (exact) mass is 487 g/mol. The number of nitrogens with zero attached hydrogens (tertiary/aromatic N) is 3. The summed E-state index contributed by atoms with van der Waals surface area (Å²) in [6.07, 6.45) is 0.858. The number of para-hydroxylation sites is 1. The van der Waals surface area contributed by atoms with Crippen molar-refractivity contribution in [3.8, 4) is 0 Å². The number of aromatic nitrogens is 1. The molecule has 0 N–H and O–H groups in total. The Morgan fingerprint density at radius 3 is 2.59 bits per heavy atom. The van der Waals surface area contributed by atoms with Crippen LogP contribution in [-0.4, -0.2) is 43.0 Å². The molecule has 0 spiro atoms. The number of amides is 1. The van der Waals surface area contributed by atoms with Crippen LogP contribution in [-0.2, 0) is 0 Å². The molecule has 2 aromatic carbocycles. The minimum absolute atomic E-state index is 0. The first kappa shape index (κ1) is 22.1. The molecule has 0 atom stereocenters. The number of rotatable bonds is 6. The van der Waals surface area contributed by atoms with Gasteiger partial charge in [0.15, 0.2) is 5.13 Å². The lowest BCUT2D eigenvalue weighted by Crippen LogP contribution is -2.33. The van der Waals surface area contributed by atoms with Gasteiger partial charge in [-0.2, -0.15) is 0 Å². The maximum absolute atomic E-state index is 13.2. The van der Waals surface area contributed by atoms with Crippen molar-refractivity contribution in [2.24, 2.45) is 0 Å². The minimum Gasteiger partial charge on any atom is -0.309 e. The van der Waals surface area contributed by atoms with E-state index in [1.807, 2.05) is 56.6 Å². The average Bonchev–Trinajstić information content (AvgIpc) is 3.03. The highest BCUT2D eigenvalue weighted by Gasteiger charge is 2.22. The molecule has 27 heavy (non-hydrogen) atoms. The van der Waals surface area contributed by atoms with Gasteiger partial charge in [0.25, 0.3) is 5.91 Å². The van der Waals surface area contributed by atoms with E-state index in [-0.39, 0.29) is 18.3 Å². The highest BCUT2D eigenvalue weighted by atomic mass is 79.9. The van der Waals surface area contributed by atoms with E-state index in [9.17, 15) is 4.79 Å². The predicted molar refractivity (Wildman–Crippen MR) is 121 cm³/mol. The van der Waals surface area contributed by atoms with E-state index in [4.69, 9.17) is 11.6 Å². The molecule has 0 fully saturated rings. The van der Waals surface area contributed by atoms with Crippen LogP contribution in [0.5, 0.6) is 0 Å². The van der Waals surface area contributed by atoms with Crippen molar-refractivity contribution >= 4 is 72.5 Å². The first-order chi connectivity index (χ1) is 12.5. The van der Waals surface area contributed by atoms with E-state index in [1.165, 1.54) is 11.3 Å². The third kappa shape index (κ3) is 5.42. The van der Waals surface area contributed by atoms with Crippen LogP contribution < -0.4 is 4.90 Å². The number of hydrogen-bond donors (Lipinski definition) is 0. The zero-order valence-corrected chi connectivity index (χ0v) is 19.0. The van der Waals surface area contributed by atoms with Crippen LogP contribution in [0.3, 0.4) is 0 Å². The summed E-state index contributed by atoms with van der Waals surface area (Å²) in [6.45, 7) is 1.49. The molecule has 0 aliphatic carbocycles. The van der Waals surface area contributed by atoms with Crippen molar-refractivity contribution in [1.82, 2.24) is 9.88 Å². The number of carbonyl (C=O) groups is 1. The Morgan fingerprint density at radius 2 is 1.93 bits per heavy atom. The Kier molecular flexibility index (Phi) is 8.06. The van der Waals surface area contributed by atoms with E-state index in [0.717, 1.165) is 27.7 Å². The SMILES string of the molecule is CN(C)CCCN(C(=O)c1cccc(Br)c1)c1nc2c(Cl)cccc2s1.Cl. The number of thiazole rings is 1. The van der Waals surface area contributed by atoms with E-state index in [0.29, 0.717) is 22.3 Å². The number of fused-ring (bicyclic) bond motifs is 1. The number of anilines is 1. The van der Waals surface area contributed by atoms with Crippen molar-refractivity contribution in [1.29, 1.82) is 0 Å². The molecule has 0 saturated carbocycles. The maximum Gasteiger partial charge on any atom is 0.260 e. The van der Waals surface area contributed by atoms with Crippen LogP contribution in [0.15, 0.2) is 46.9 Å². The molecule has 0 bridgehead atoms. The van der Waals surface area contributed by atoms with E-state index >= 15 is 0 Å². The number of hydrogen-bond acceptors (Lipinski definition) is 4. The second kappa shape index (κ2) is 9.85. The fourth-order valence-corrected chi connectivity index (χ4v) is 4.31. The Morgan fingerprint density at radius 1 is 1.19 bits per heavy atom. The Balaban J connectivity index is 0.00000261. The minimum atomic E-state index is -0.0553. The maximum atomic E-state index is 13.2. The van der Waals surface area contributed by atoms with Gasteiger partial charge >= 0.3 is 0 Å². The third-order valence-electron chi connectivity index (χ3n) is 3.89. The molecule has 1 aromatic heterocycles. The summed E-state index contributed by atoms with van der Waals surface area (Å²) >= 11 is 11.2. The standard InChI is InChI=1S/C19H19BrClN3OS.ClH/c1-23(2)10-5-11-24(18(25)13-6-3-7-14(20)12-13)19-22-17-15(21)8-4-9-16(17)26-19;/h3-4,6-9,12H,5,10-11H2,1-2H3;1H. The molecular weight excluding hydrogens is 469 g/mol. The van der Waals surface area contributed by atoms with E-state index < -0.39 is 0 Å². The lowest BCUT2D eigenvalue weighted by molar-refractivity contribution is 0.0986. The van der Waals surface area contributed by atoms with Crippen molar-refractivity contribution in [3.05, 3.63) is 57.5 Å². The van der Waals surface area contributed by atoms with Crippen LogP contribution in [0.4, 0.5) is 5.13 Å². The molecule has 1 amide bonds. The molecule has 0 saturated heterocycles. The molecule has 0 unspecified atom stereocenters. The highest BCUT2D eigenvalue weighted by Crippen LogP contribution is 2.33. The van der Waals surface area contributed by atoms with Crippen molar-refractivity contribution in [3.63, 3.8) is 0 Å². The van der Waals surface area contributed by atoms with Gasteiger partial charge in [-0.05, 0) is 57.4 Å². The van der Waals surface area contributed by atoms with Gasteiger partial charge in [-0.1, -0.05) is 51.0 Å². The largest absolute Gasteiger partial charge is 0.309 e. The van der Waals surface area contributed by atoms with Gasteiger partial charge in [-0.15, -0.1) is 12.4 Å². The summed E-state index contributed by atoms with van der Waals surface area (Å²) in [5.41, 5.74) is 1.38. The fourth-order valence-electron chi connectivity index (χ4n) is 2.63. The Labute approximate surface area is 182 Å². The zero-order valence-electron chi connectivity index (χ0n) is 15.0. The van der Waals surface area contributed by atoms with Gasteiger partial charge < -0.3 is 4.90 Å². The van der Waals surface area contributed by atoms with E-state index in [2.05, 4.69) is 25.8 Å². The quantitative estimate of drug-likeness (QED) is 0.444. The molecular formula is C19H20BrCl2N3OS.